The highest BCUT2D eigenvalue weighted by molar-refractivity contribution is 5.74. The molecule has 17 heavy (non-hydrogen) atoms. The molecule has 0 atom stereocenters. The first-order valence-corrected chi connectivity index (χ1v) is 6.59. The third kappa shape index (κ3) is 4.64. The molecule has 4 heteroatoms. The predicted molar refractivity (Wildman–Crippen MR) is 67.1 cm³/mol. The molecule has 0 saturated carbocycles. The van der Waals surface area contributed by atoms with Gasteiger partial charge in [0.05, 0.1) is 5.41 Å². The lowest BCUT2D eigenvalue weighted by atomic mass is 9.76. The van der Waals surface area contributed by atoms with Gasteiger partial charge in [0.2, 0.25) is 0 Å². The molecule has 4 nitrogen and oxygen atoms in total. The second-order valence-corrected chi connectivity index (χ2v) is 5.38. The smallest absolute Gasteiger partial charge is 0.309 e. The third-order valence-electron chi connectivity index (χ3n) is 3.58. The lowest BCUT2D eigenvalue weighted by Gasteiger charge is -2.33. The topological polar surface area (TPSA) is 58.6 Å². The van der Waals surface area contributed by atoms with Crippen molar-refractivity contribution in [2.24, 2.45) is 11.3 Å². The van der Waals surface area contributed by atoms with Gasteiger partial charge in [-0.1, -0.05) is 13.8 Å². The lowest BCUT2D eigenvalue weighted by molar-refractivity contribution is -0.152. The Morgan fingerprint density at radius 3 is 2.53 bits per heavy atom. The Labute approximate surface area is 104 Å². The van der Waals surface area contributed by atoms with Crippen molar-refractivity contribution in [3.8, 4) is 0 Å². The zero-order chi connectivity index (χ0) is 12.7. The van der Waals surface area contributed by atoms with E-state index in [1.807, 2.05) is 0 Å². The van der Waals surface area contributed by atoms with Gasteiger partial charge in [0.25, 0.3) is 0 Å². The fraction of sp³-hybridized carbons (Fsp3) is 0.923. The number of carbonyl (C=O) groups is 1. The van der Waals surface area contributed by atoms with Crippen LogP contribution in [0.5, 0.6) is 0 Å². The standard InChI is InChI=1S/C13H25NO3/c1-11(2)3-9-17-10-6-13(12(15)16)4-7-14-8-5-13/h11,14H,3-10H2,1-2H3,(H,15,16). The van der Waals surface area contributed by atoms with Crippen LogP contribution in [0.4, 0.5) is 0 Å². The van der Waals surface area contributed by atoms with Gasteiger partial charge in [-0.25, -0.2) is 0 Å². The number of aliphatic carboxylic acids is 1. The summed E-state index contributed by atoms with van der Waals surface area (Å²) >= 11 is 0. The Kier molecular flexibility index (Phi) is 5.92. The Bertz CT molecular complexity index is 235. The van der Waals surface area contributed by atoms with Gasteiger partial charge in [-0.15, -0.1) is 0 Å². The highest BCUT2D eigenvalue weighted by Gasteiger charge is 2.39. The lowest BCUT2D eigenvalue weighted by Crippen LogP contribution is -2.42. The van der Waals surface area contributed by atoms with Crippen molar-refractivity contribution in [1.29, 1.82) is 0 Å². The molecular formula is C13H25NO3. The summed E-state index contributed by atoms with van der Waals surface area (Å²) in [6.07, 6.45) is 3.12. The van der Waals surface area contributed by atoms with E-state index in [2.05, 4.69) is 19.2 Å². The Hall–Kier alpha value is -0.610. The number of carboxylic acid groups (broad SMARTS) is 1. The average Bonchev–Trinajstić information content (AvgIpc) is 2.29. The summed E-state index contributed by atoms with van der Waals surface area (Å²) in [6, 6.07) is 0. The van der Waals surface area contributed by atoms with Gasteiger partial charge < -0.3 is 15.2 Å². The summed E-state index contributed by atoms with van der Waals surface area (Å²) in [7, 11) is 0. The molecule has 0 spiro atoms. The van der Waals surface area contributed by atoms with E-state index >= 15 is 0 Å². The van der Waals surface area contributed by atoms with Gasteiger partial charge in [-0.2, -0.15) is 0 Å². The first-order valence-electron chi connectivity index (χ1n) is 6.59. The minimum absolute atomic E-state index is 0.552. The molecule has 0 aromatic heterocycles. The molecule has 0 aliphatic carbocycles. The van der Waals surface area contributed by atoms with E-state index in [9.17, 15) is 9.90 Å². The zero-order valence-corrected chi connectivity index (χ0v) is 11.0. The molecule has 1 heterocycles. The van der Waals surface area contributed by atoms with E-state index in [0.29, 0.717) is 18.9 Å². The minimum Gasteiger partial charge on any atom is -0.481 e. The molecule has 1 aliphatic rings. The van der Waals surface area contributed by atoms with Crippen LogP contribution in [-0.4, -0.2) is 37.4 Å². The highest BCUT2D eigenvalue weighted by Crippen LogP contribution is 2.32. The predicted octanol–water partition coefficient (Wildman–Crippen LogP) is 1.89. The molecule has 0 radical (unpaired) electrons. The summed E-state index contributed by atoms with van der Waals surface area (Å²) < 4.78 is 5.54. The zero-order valence-electron chi connectivity index (χ0n) is 11.0. The monoisotopic (exact) mass is 243 g/mol. The van der Waals surface area contributed by atoms with Crippen LogP contribution in [0, 0.1) is 11.3 Å². The van der Waals surface area contributed by atoms with Gasteiger partial charge in [0.1, 0.15) is 0 Å². The summed E-state index contributed by atoms with van der Waals surface area (Å²) in [5.41, 5.74) is -0.552. The maximum atomic E-state index is 11.4. The highest BCUT2D eigenvalue weighted by atomic mass is 16.5. The second kappa shape index (κ2) is 6.97. The molecule has 100 valence electrons. The Morgan fingerprint density at radius 2 is 2.00 bits per heavy atom. The number of carboxylic acids is 1. The molecule has 2 N–H and O–H groups in total. The number of ether oxygens (including phenoxy) is 1. The van der Waals surface area contributed by atoms with Gasteiger partial charge in [0.15, 0.2) is 0 Å². The summed E-state index contributed by atoms with van der Waals surface area (Å²) in [5, 5.41) is 12.6. The van der Waals surface area contributed by atoms with Crippen molar-refractivity contribution < 1.29 is 14.6 Å². The van der Waals surface area contributed by atoms with Crippen LogP contribution in [0.1, 0.15) is 39.5 Å². The molecular weight excluding hydrogens is 218 g/mol. The number of rotatable bonds is 7. The van der Waals surface area contributed by atoms with Crippen LogP contribution in [-0.2, 0) is 9.53 Å². The third-order valence-corrected chi connectivity index (χ3v) is 3.58. The van der Waals surface area contributed by atoms with Crippen LogP contribution < -0.4 is 5.32 Å². The summed E-state index contributed by atoms with van der Waals surface area (Å²) in [4.78, 5) is 11.4. The molecule has 1 saturated heterocycles. The van der Waals surface area contributed by atoms with Crippen molar-refractivity contribution in [1.82, 2.24) is 5.32 Å². The molecule has 1 aliphatic heterocycles. The fourth-order valence-electron chi connectivity index (χ4n) is 2.16. The average molecular weight is 243 g/mol. The number of piperidine rings is 1. The summed E-state index contributed by atoms with van der Waals surface area (Å²) in [5.74, 6) is -0.0197. The first kappa shape index (κ1) is 14.5. The summed E-state index contributed by atoms with van der Waals surface area (Å²) in [6.45, 7) is 7.24. The van der Waals surface area contributed by atoms with Gasteiger partial charge >= 0.3 is 5.97 Å². The van der Waals surface area contributed by atoms with Gasteiger partial charge in [-0.05, 0) is 44.7 Å². The second-order valence-electron chi connectivity index (χ2n) is 5.38. The molecule has 1 rings (SSSR count). The van der Waals surface area contributed by atoms with Crippen molar-refractivity contribution in [2.45, 2.75) is 39.5 Å². The van der Waals surface area contributed by atoms with Crippen LogP contribution in [0.25, 0.3) is 0 Å². The van der Waals surface area contributed by atoms with E-state index in [4.69, 9.17) is 4.74 Å². The van der Waals surface area contributed by atoms with Crippen molar-refractivity contribution >= 4 is 5.97 Å². The molecule has 0 aromatic rings. The van der Waals surface area contributed by atoms with Crippen molar-refractivity contribution in [3.05, 3.63) is 0 Å². The number of hydrogen-bond acceptors (Lipinski definition) is 3. The van der Waals surface area contributed by atoms with E-state index in [-0.39, 0.29) is 0 Å². The molecule has 0 amide bonds. The first-order chi connectivity index (χ1) is 8.07. The maximum absolute atomic E-state index is 11.4. The van der Waals surface area contributed by atoms with Crippen LogP contribution in [0.2, 0.25) is 0 Å². The molecule has 0 bridgehead atoms. The molecule has 0 aromatic carbocycles. The van der Waals surface area contributed by atoms with Crippen molar-refractivity contribution in [2.75, 3.05) is 26.3 Å². The van der Waals surface area contributed by atoms with Gasteiger partial charge in [0, 0.05) is 13.2 Å². The largest absolute Gasteiger partial charge is 0.481 e. The Balaban J connectivity index is 2.27. The van der Waals surface area contributed by atoms with E-state index < -0.39 is 11.4 Å². The van der Waals surface area contributed by atoms with Crippen LogP contribution in [0.3, 0.4) is 0 Å². The van der Waals surface area contributed by atoms with Crippen molar-refractivity contribution in [3.63, 3.8) is 0 Å². The Morgan fingerprint density at radius 1 is 1.35 bits per heavy atom. The minimum atomic E-state index is -0.661. The normalized spacial score (nSPS) is 19.5. The van der Waals surface area contributed by atoms with Crippen LogP contribution in [0.15, 0.2) is 0 Å². The number of hydrogen-bond donors (Lipinski definition) is 2. The molecule has 1 fully saturated rings. The molecule has 0 unspecified atom stereocenters. The number of nitrogens with one attached hydrogen (secondary N) is 1. The van der Waals surface area contributed by atoms with E-state index in [1.165, 1.54) is 0 Å². The van der Waals surface area contributed by atoms with Gasteiger partial charge in [-0.3, -0.25) is 4.79 Å². The van der Waals surface area contributed by atoms with E-state index in [0.717, 1.165) is 39.0 Å². The van der Waals surface area contributed by atoms with E-state index in [1.54, 1.807) is 0 Å². The quantitative estimate of drug-likeness (QED) is 0.670. The maximum Gasteiger partial charge on any atom is 0.309 e. The fourth-order valence-corrected chi connectivity index (χ4v) is 2.16. The SMILES string of the molecule is CC(C)CCOCCC1(C(=O)O)CCNCC1. The van der Waals surface area contributed by atoms with Crippen LogP contribution >= 0.6 is 0 Å².